The molecular formula is C26H26N6OS. The van der Waals surface area contributed by atoms with Gasteiger partial charge in [0, 0.05) is 67.5 Å². The van der Waals surface area contributed by atoms with E-state index in [2.05, 4.69) is 30.8 Å². The zero-order valence-electron chi connectivity index (χ0n) is 18.9. The van der Waals surface area contributed by atoms with Crippen molar-refractivity contribution in [1.82, 2.24) is 19.9 Å². The Labute approximate surface area is 202 Å². The van der Waals surface area contributed by atoms with Crippen LogP contribution in [0.25, 0.3) is 21.2 Å². The monoisotopic (exact) mass is 470 g/mol. The van der Waals surface area contributed by atoms with E-state index in [9.17, 15) is 4.79 Å². The van der Waals surface area contributed by atoms with Crippen LogP contribution in [0.15, 0.2) is 55.0 Å². The van der Waals surface area contributed by atoms with Crippen molar-refractivity contribution in [2.75, 3.05) is 36.8 Å². The maximum Gasteiger partial charge on any atom is 0.180 e. The summed E-state index contributed by atoms with van der Waals surface area (Å²) < 4.78 is 0. The summed E-state index contributed by atoms with van der Waals surface area (Å²) in [5, 5.41) is 2.64. The van der Waals surface area contributed by atoms with E-state index in [0.717, 1.165) is 64.9 Å². The second-order valence-electron chi connectivity index (χ2n) is 9.06. The number of hydrogen-bond acceptors (Lipinski definition) is 8. The van der Waals surface area contributed by atoms with Crippen LogP contribution >= 0.6 is 11.3 Å². The van der Waals surface area contributed by atoms with Gasteiger partial charge < -0.3 is 10.6 Å². The molecule has 2 aliphatic rings. The number of ketones is 1. The number of Topliss-reactive ketones (excluding diaryl/α,β-unsaturated/α-hetero) is 1. The van der Waals surface area contributed by atoms with E-state index in [4.69, 9.17) is 5.73 Å². The minimum atomic E-state index is 0.0542. The minimum absolute atomic E-state index is 0.0542. The van der Waals surface area contributed by atoms with E-state index >= 15 is 0 Å². The lowest BCUT2D eigenvalue weighted by Gasteiger charge is -2.35. The Hall–Kier alpha value is -3.36. The van der Waals surface area contributed by atoms with Crippen LogP contribution in [0.5, 0.6) is 0 Å². The Kier molecular flexibility index (Phi) is 5.47. The molecule has 0 unspecified atom stereocenters. The second-order valence-corrected chi connectivity index (χ2v) is 10.1. The SMILES string of the molecule is Nc1ncc(-c2ccc3cnc(CC(=O)c4ccnc(N5CCN(C6CC6)CC5)c4)cc3c2)s1. The highest BCUT2D eigenvalue weighted by atomic mass is 32.1. The van der Waals surface area contributed by atoms with Crippen molar-refractivity contribution >= 4 is 38.8 Å². The smallest absolute Gasteiger partial charge is 0.180 e. The first-order chi connectivity index (χ1) is 16.6. The summed E-state index contributed by atoms with van der Waals surface area (Å²) in [7, 11) is 0. The molecule has 1 aliphatic heterocycles. The van der Waals surface area contributed by atoms with E-state index in [-0.39, 0.29) is 12.2 Å². The van der Waals surface area contributed by atoms with Crippen LogP contribution < -0.4 is 10.6 Å². The van der Waals surface area contributed by atoms with Crippen molar-refractivity contribution in [3.05, 3.63) is 66.2 Å². The number of fused-ring (bicyclic) bond motifs is 1. The highest BCUT2D eigenvalue weighted by Crippen LogP contribution is 2.30. The van der Waals surface area contributed by atoms with Crippen molar-refractivity contribution < 1.29 is 4.79 Å². The first-order valence-electron chi connectivity index (χ1n) is 11.7. The number of rotatable bonds is 6. The van der Waals surface area contributed by atoms with Crippen LogP contribution in [0.3, 0.4) is 0 Å². The molecule has 172 valence electrons. The van der Waals surface area contributed by atoms with Gasteiger partial charge >= 0.3 is 0 Å². The molecule has 8 heteroatoms. The molecule has 34 heavy (non-hydrogen) atoms. The molecule has 4 heterocycles. The lowest BCUT2D eigenvalue weighted by atomic mass is 10.0. The van der Waals surface area contributed by atoms with Crippen LogP contribution in [0.2, 0.25) is 0 Å². The summed E-state index contributed by atoms with van der Waals surface area (Å²) in [4.78, 5) is 32.2. The molecular weight excluding hydrogens is 444 g/mol. The zero-order chi connectivity index (χ0) is 23.1. The van der Waals surface area contributed by atoms with Gasteiger partial charge in [0.2, 0.25) is 0 Å². The third-order valence-electron chi connectivity index (χ3n) is 6.70. The van der Waals surface area contributed by atoms with E-state index in [1.54, 1.807) is 18.5 Å². The third-order valence-corrected chi connectivity index (χ3v) is 7.57. The molecule has 7 nitrogen and oxygen atoms in total. The topological polar surface area (TPSA) is 88.2 Å². The van der Waals surface area contributed by atoms with Crippen molar-refractivity contribution in [1.29, 1.82) is 0 Å². The van der Waals surface area contributed by atoms with Crippen LogP contribution in [0.4, 0.5) is 10.9 Å². The Bertz CT molecular complexity index is 1360. The van der Waals surface area contributed by atoms with E-state index in [1.807, 2.05) is 30.5 Å². The lowest BCUT2D eigenvalue weighted by Crippen LogP contribution is -2.47. The Morgan fingerprint density at radius 3 is 2.59 bits per heavy atom. The number of anilines is 2. The van der Waals surface area contributed by atoms with Gasteiger partial charge in [-0.25, -0.2) is 9.97 Å². The molecule has 0 radical (unpaired) electrons. The number of nitrogen functional groups attached to an aromatic ring is 1. The molecule has 1 saturated heterocycles. The summed E-state index contributed by atoms with van der Waals surface area (Å²) >= 11 is 1.46. The van der Waals surface area contributed by atoms with E-state index in [0.29, 0.717) is 10.7 Å². The van der Waals surface area contributed by atoms with Crippen LogP contribution in [-0.4, -0.2) is 57.9 Å². The van der Waals surface area contributed by atoms with Gasteiger partial charge in [0.05, 0.1) is 11.3 Å². The van der Waals surface area contributed by atoms with Gasteiger partial charge in [-0.05, 0) is 48.1 Å². The highest BCUT2D eigenvalue weighted by molar-refractivity contribution is 7.18. The standard InChI is InChI=1S/C26H26N6OS/c27-26-30-16-24(34-26)18-1-2-19-15-29-21(12-20(19)11-18)14-23(33)17-5-6-28-25(13-17)32-9-7-31(8-10-32)22-3-4-22/h1-2,5-6,11-13,15-16,22H,3-4,7-10,14H2,(H2,27,30). The van der Waals surface area contributed by atoms with E-state index < -0.39 is 0 Å². The molecule has 2 fully saturated rings. The van der Waals surface area contributed by atoms with Gasteiger partial charge in [0.25, 0.3) is 0 Å². The maximum absolute atomic E-state index is 13.1. The number of carbonyl (C=O) groups is 1. The van der Waals surface area contributed by atoms with Gasteiger partial charge in [-0.1, -0.05) is 23.5 Å². The summed E-state index contributed by atoms with van der Waals surface area (Å²) in [6, 6.07) is 12.7. The second kappa shape index (κ2) is 8.77. The summed E-state index contributed by atoms with van der Waals surface area (Å²) in [5.74, 6) is 0.944. The summed E-state index contributed by atoms with van der Waals surface area (Å²) in [6.45, 7) is 4.06. The molecule has 4 aromatic rings. The fourth-order valence-electron chi connectivity index (χ4n) is 4.64. The molecule has 6 rings (SSSR count). The van der Waals surface area contributed by atoms with Crippen molar-refractivity contribution in [2.24, 2.45) is 0 Å². The molecule has 0 bridgehead atoms. The van der Waals surface area contributed by atoms with Gasteiger partial charge in [-0.15, -0.1) is 0 Å². The Morgan fingerprint density at radius 1 is 0.971 bits per heavy atom. The van der Waals surface area contributed by atoms with Crippen molar-refractivity contribution in [3.63, 3.8) is 0 Å². The fourth-order valence-corrected chi connectivity index (χ4v) is 5.33. The molecule has 1 saturated carbocycles. The number of carbonyl (C=O) groups excluding carboxylic acids is 1. The van der Waals surface area contributed by atoms with Gasteiger partial charge in [0.15, 0.2) is 10.9 Å². The third kappa shape index (κ3) is 4.38. The average molecular weight is 471 g/mol. The largest absolute Gasteiger partial charge is 0.375 e. The number of piperazine rings is 1. The molecule has 0 spiro atoms. The van der Waals surface area contributed by atoms with Gasteiger partial charge in [-0.3, -0.25) is 14.7 Å². The number of thiazole rings is 1. The van der Waals surface area contributed by atoms with Crippen molar-refractivity contribution in [2.45, 2.75) is 25.3 Å². The predicted octanol–water partition coefficient (Wildman–Crippen LogP) is 4.05. The number of nitrogens with zero attached hydrogens (tertiary/aromatic N) is 5. The normalized spacial score (nSPS) is 16.8. The molecule has 0 amide bonds. The minimum Gasteiger partial charge on any atom is -0.375 e. The maximum atomic E-state index is 13.1. The van der Waals surface area contributed by atoms with Crippen LogP contribution in [0.1, 0.15) is 28.9 Å². The first kappa shape index (κ1) is 21.2. The number of hydrogen-bond donors (Lipinski definition) is 1. The quantitative estimate of drug-likeness (QED) is 0.425. The number of benzene rings is 1. The zero-order valence-corrected chi connectivity index (χ0v) is 19.7. The van der Waals surface area contributed by atoms with Gasteiger partial charge in [-0.2, -0.15) is 0 Å². The fraction of sp³-hybridized carbons (Fsp3) is 0.308. The van der Waals surface area contributed by atoms with Crippen molar-refractivity contribution in [3.8, 4) is 10.4 Å². The van der Waals surface area contributed by atoms with Gasteiger partial charge in [0.1, 0.15) is 5.82 Å². The Balaban J connectivity index is 1.18. The van der Waals surface area contributed by atoms with Crippen LogP contribution in [0, 0.1) is 0 Å². The van der Waals surface area contributed by atoms with E-state index in [1.165, 1.54) is 24.2 Å². The average Bonchev–Trinajstić information content (AvgIpc) is 3.64. The molecule has 1 aliphatic carbocycles. The molecule has 0 atom stereocenters. The predicted molar refractivity (Wildman–Crippen MR) is 136 cm³/mol. The number of pyridine rings is 2. The molecule has 2 N–H and O–H groups in total. The molecule has 1 aromatic carbocycles. The number of nitrogens with two attached hydrogens (primary N) is 1. The first-order valence-corrected chi connectivity index (χ1v) is 12.5. The summed E-state index contributed by atoms with van der Waals surface area (Å²) in [6.07, 6.45) is 8.31. The molecule has 3 aromatic heterocycles. The Morgan fingerprint density at radius 2 is 1.82 bits per heavy atom. The highest BCUT2D eigenvalue weighted by Gasteiger charge is 2.31. The lowest BCUT2D eigenvalue weighted by molar-refractivity contribution is 0.0992. The van der Waals surface area contributed by atoms with Crippen LogP contribution in [-0.2, 0) is 6.42 Å². The number of aromatic nitrogens is 3. The summed E-state index contributed by atoms with van der Waals surface area (Å²) in [5.41, 5.74) is 8.30.